The van der Waals surface area contributed by atoms with Crippen LogP contribution in [0.5, 0.6) is 0 Å². The second-order valence-electron chi connectivity index (χ2n) is 4.06. The van der Waals surface area contributed by atoms with Crippen molar-refractivity contribution in [2.75, 3.05) is 19.0 Å². The Kier molecular flexibility index (Phi) is 3.57. The number of hydrogen-bond acceptors (Lipinski definition) is 4. The van der Waals surface area contributed by atoms with Gasteiger partial charge in [0.15, 0.2) is 0 Å². The summed E-state index contributed by atoms with van der Waals surface area (Å²) in [6.45, 7) is 0.342. The molecule has 0 aliphatic rings. The molecule has 18 heavy (non-hydrogen) atoms. The summed E-state index contributed by atoms with van der Waals surface area (Å²) in [4.78, 5) is 17.7. The van der Waals surface area contributed by atoms with E-state index >= 15 is 0 Å². The molecule has 0 spiro atoms. The van der Waals surface area contributed by atoms with Gasteiger partial charge in [0, 0.05) is 25.3 Å². The smallest absolute Gasteiger partial charge is 0.251 e. The molecular formula is C12H15N5O. The third-order valence-corrected chi connectivity index (χ3v) is 2.53. The average Bonchev–Trinajstić information content (AvgIpc) is 2.89. The highest BCUT2D eigenvalue weighted by atomic mass is 16.1. The monoisotopic (exact) mass is 245 g/mol. The maximum atomic E-state index is 11.8. The van der Waals surface area contributed by atoms with E-state index in [0.29, 0.717) is 17.9 Å². The summed E-state index contributed by atoms with van der Waals surface area (Å²) in [6, 6.07) is 7.41. The number of rotatable bonds is 4. The standard InChI is InChI=1S/C12H15N5O/c1-17(2)10-5-3-9(4-6-10)12(18)13-7-11-14-8-15-16-11/h3-6,8H,7H2,1-2H3,(H,13,18)(H,14,15,16). The Hall–Kier alpha value is -2.37. The number of anilines is 1. The number of aromatic amines is 1. The van der Waals surface area contributed by atoms with Crippen LogP contribution in [0.25, 0.3) is 0 Å². The van der Waals surface area contributed by atoms with Crippen molar-refractivity contribution >= 4 is 11.6 Å². The van der Waals surface area contributed by atoms with Gasteiger partial charge >= 0.3 is 0 Å². The summed E-state index contributed by atoms with van der Waals surface area (Å²) in [5.74, 6) is 0.505. The molecule has 2 aromatic rings. The maximum absolute atomic E-state index is 11.8. The first-order chi connectivity index (χ1) is 8.66. The largest absolute Gasteiger partial charge is 0.378 e. The topological polar surface area (TPSA) is 73.9 Å². The van der Waals surface area contributed by atoms with Crippen LogP contribution in [-0.4, -0.2) is 35.2 Å². The van der Waals surface area contributed by atoms with Crippen LogP contribution in [0, 0.1) is 0 Å². The molecule has 0 aliphatic heterocycles. The predicted octanol–water partition coefficient (Wildman–Crippen LogP) is 0.801. The Balaban J connectivity index is 1.96. The molecule has 6 heteroatoms. The van der Waals surface area contributed by atoms with Crippen LogP contribution >= 0.6 is 0 Å². The zero-order valence-corrected chi connectivity index (χ0v) is 10.3. The Labute approximate surface area is 105 Å². The Morgan fingerprint density at radius 1 is 1.33 bits per heavy atom. The van der Waals surface area contributed by atoms with E-state index in [1.807, 2.05) is 31.1 Å². The van der Waals surface area contributed by atoms with E-state index in [-0.39, 0.29) is 5.91 Å². The number of benzene rings is 1. The molecule has 0 saturated carbocycles. The van der Waals surface area contributed by atoms with Gasteiger partial charge in [0.1, 0.15) is 12.2 Å². The van der Waals surface area contributed by atoms with Crippen molar-refractivity contribution in [2.45, 2.75) is 6.54 Å². The van der Waals surface area contributed by atoms with Gasteiger partial charge in [0.2, 0.25) is 0 Å². The minimum absolute atomic E-state index is 0.128. The number of aromatic nitrogens is 3. The number of nitrogens with one attached hydrogen (secondary N) is 2. The molecule has 6 nitrogen and oxygen atoms in total. The number of nitrogens with zero attached hydrogens (tertiary/aromatic N) is 3. The molecule has 0 unspecified atom stereocenters. The number of H-pyrrole nitrogens is 1. The third kappa shape index (κ3) is 2.85. The zero-order valence-electron chi connectivity index (χ0n) is 10.3. The van der Waals surface area contributed by atoms with E-state index in [2.05, 4.69) is 20.5 Å². The lowest BCUT2D eigenvalue weighted by Crippen LogP contribution is -2.23. The summed E-state index contributed by atoms with van der Waals surface area (Å²) in [6.07, 6.45) is 1.41. The molecule has 0 fully saturated rings. The van der Waals surface area contributed by atoms with Crippen LogP contribution in [0.2, 0.25) is 0 Å². The van der Waals surface area contributed by atoms with Gasteiger partial charge in [-0.1, -0.05) is 0 Å². The van der Waals surface area contributed by atoms with Crippen molar-refractivity contribution in [3.8, 4) is 0 Å². The first-order valence-corrected chi connectivity index (χ1v) is 5.56. The molecular weight excluding hydrogens is 230 g/mol. The van der Waals surface area contributed by atoms with Gasteiger partial charge in [-0.05, 0) is 24.3 Å². The molecule has 94 valence electrons. The molecule has 1 heterocycles. The van der Waals surface area contributed by atoms with Gasteiger partial charge in [0.05, 0.1) is 6.54 Å². The fourth-order valence-electron chi connectivity index (χ4n) is 1.49. The van der Waals surface area contributed by atoms with Crippen molar-refractivity contribution in [2.24, 2.45) is 0 Å². The molecule has 1 amide bonds. The first-order valence-electron chi connectivity index (χ1n) is 5.56. The molecule has 0 saturated heterocycles. The molecule has 2 N–H and O–H groups in total. The number of carbonyl (C=O) groups is 1. The predicted molar refractivity (Wildman–Crippen MR) is 68.3 cm³/mol. The van der Waals surface area contributed by atoms with E-state index < -0.39 is 0 Å². The van der Waals surface area contributed by atoms with Crippen LogP contribution in [-0.2, 0) is 6.54 Å². The second-order valence-corrected chi connectivity index (χ2v) is 4.06. The number of amides is 1. The summed E-state index contributed by atoms with van der Waals surface area (Å²) >= 11 is 0. The van der Waals surface area contributed by atoms with E-state index in [1.165, 1.54) is 6.33 Å². The van der Waals surface area contributed by atoms with Gasteiger partial charge in [-0.3, -0.25) is 9.89 Å². The molecule has 0 aliphatic carbocycles. The van der Waals surface area contributed by atoms with Crippen molar-refractivity contribution in [3.05, 3.63) is 42.0 Å². The summed E-state index contributed by atoms with van der Waals surface area (Å²) in [5, 5.41) is 9.16. The zero-order chi connectivity index (χ0) is 13.0. The van der Waals surface area contributed by atoms with Crippen LogP contribution in [0.1, 0.15) is 16.2 Å². The quantitative estimate of drug-likeness (QED) is 0.835. The molecule has 2 rings (SSSR count). The van der Waals surface area contributed by atoms with Gasteiger partial charge in [-0.25, -0.2) is 4.98 Å². The lowest BCUT2D eigenvalue weighted by Gasteiger charge is -2.12. The summed E-state index contributed by atoms with van der Waals surface area (Å²) in [5.41, 5.74) is 1.68. The highest BCUT2D eigenvalue weighted by Crippen LogP contribution is 2.12. The van der Waals surface area contributed by atoms with Gasteiger partial charge in [0.25, 0.3) is 5.91 Å². The van der Waals surface area contributed by atoms with Gasteiger partial charge in [-0.15, -0.1) is 0 Å². The SMILES string of the molecule is CN(C)c1ccc(C(=O)NCc2ncn[nH]2)cc1. The Morgan fingerprint density at radius 3 is 2.61 bits per heavy atom. The average molecular weight is 245 g/mol. The fourth-order valence-corrected chi connectivity index (χ4v) is 1.49. The molecule has 1 aromatic heterocycles. The number of hydrogen-bond donors (Lipinski definition) is 2. The second kappa shape index (κ2) is 5.31. The minimum atomic E-state index is -0.128. The highest BCUT2D eigenvalue weighted by molar-refractivity contribution is 5.94. The lowest BCUT2D eigenvalue weighted by atomic mass is 10.2. The fraction of sp³-hybridized carbons (Fsp3) is 0.250. The van der Waals surface area contributed by atoms with Gasteiger partial charge < -0.3 is 10.2 Å². The van der Waals surface area contributed by atoms with Crippen LogP contribution in [0.3, 0.4) is 0 Å². The number of carbonyl (C=O) groups excluding carboxylic acids is 1. The van der Waals surface area contributed by atoms with Crippen molar-refractivity contribution in [1.82, 2.24) is 20.5 Å². The molecule has 1 aromatic carbocycles. The Bertz CT molecular complexity index is 504. The maximum Gasteiger partial charge on any atom is 0.251 e. The Morgan fingerprint density at radius 2 is 2.06 bits per heavy atom. The van der Waals surface area contributed by atoms with Crippen LogP contribution in [0.4, 0.5) is 5.69 Å². The summed E-state index contributed by atoms with van der Waals surface area (Å²) < 4.78 is 0. The van der Waals surface area contributed by atoms with E-state index in [1.54, 1.807) is 12.1 Å². The van der Waals surface area contributed by atoms with Crippen LogP contribution in [0.15, 0.2) is 30.6 Å². The highest BCUT2D eigenvalue weighted by Gasteiger charge is 2.06. The molecule has 0 atom stereocenters. The lowest BCUT2D eigenvalue weighted by molar-refractivity contribution is 0.0950. The van der Waals surface area contributed by atoms with Crippen molar-refractivity contribution in [3.63, 3.8) is 0 Å². The molecule has 0 bridgehead atoms. The van der Waals surface area contributed by atoms with Crippen LogP contribution < -0.4 is 10.2 Å². The van der Waals surface area contributed by atoms with Gasteiger partial charge in [-0.2, -0.15) is 5.10 Å². The first kappa shape index (κ1) is 12.1. The van der Waals surface area contributed by atoms with Crippen molar-refractivity contribution in [1.29, 1.82) is 0 Å². The van der Waals surface area contributed by atoms with E-state index in [0.717, 1.165) is 5.69 Å². The normalized spacial score (nSPS) is 10.1. The molecule has 0 radical (unpaired) electrons. The van der Waals surface area contributed by atoms with E-state index in [4.69, 9.17) is 0 Å². The third-order valence-electron chi connectivity index (χ3n) is 2.53. The minimum Gasteiger partial charge on any atom is -0.378 e. The van der Waals surface area contributed by atoms with Crippen molar-refractivity contribution < 1.29 is 4.79 Å². The summed E-state index contributed by atoms with van der Waals surface area (Å²) in [7, 11) is 3.91. The van der Waals surface area contributed by atoms with E-state index in [9.17, 15) is 4.79 Å².